The first kappa shape index (κ1) is 6.99. The Bertz CT molecular complexity index is 97.1. The van der Waals surface area contributed by atoms with Crippen molar-refractivity contribution in [3.63, 3.8) is 0 Å². The minimum atomic E-state index is -0.125. The number of rotatable bonds is 1. The van der Waals surface area contributed by atoms with E-state index < -0.39 is 0 Å². The normalized spacial score (nSPS) is 43.7. The van der Waals surface area contributed by atoms with Crippen molar-refractivity contribution in [3.8, 4) is 0 Å². The first-order chi connectivity index (χ1) is 4.24. The largest absolute Gasteiger partial charge is 0.394 e. The molecular weight excluding hydrogens is 118 g/mol. The van der Waals surface area contributed by atoms with Crippen LogP contribution in [-0.2, 0) is 4.74 Å². The fourth-order valence-electron chi connectivity index (χ4n) is 1.17. The zero-order valence-electron chi connectivity index (χ0n) is 5.58. The van der Waals surface area contributed by atoms with E-state index in [0.717, 1.165) is 6.42 Å². The van der Waals surface area contributed by atoms with Crippen LogP contribution in [0.15, 0.2) is 0 Å². The molecule has 1 aliphatic heterocycles. The number of aliphatic hydroxyl groups excluding tert-OH is 1. The van der Waals surface area contributed by atoms with Gasteiger partial charge in [-0.25, -0.2) is 0 Å². The van der Waals surface area contributed by atoms with Crippen molar-refractivity contribution in [1.82, 2.24) is 0 Å². The molecule has 9 heavy (non-hydrogen) atoms. The summed E-state index contributed by atoms with van der Waals surface area (Å²) in [5.74, 6) is 0. The molecule has 0 aromatic rings. The monoisotopic (exact) mass is 131 g/mol. The highest BCUT2D eigenvalue weighted by atomic mass is 16.5. The van der Waals surface area contributed by atoms with Crippen LogP contribution < -0.4 is 5.73 Å². The molecule has 1 rings (SSSR count). The van der Waals surface area contributed by atoms with Gasteiger partial charge in [0, 0.05) is 6.04 Å². The van der Waals surface area contributed by atoms with E-state index in [-0.39, 0.29) is 24.9 Å². The highest BCUT2D eigenvalue weighted by Crippen LogP contribution is 2.17. The Labute approximate surface area is 54.8 Å². The van der Waals surface area contributed by atoms with Gasteiger partial charge in [-0.1, -0.05) is 0 Å². The van der Waals surface area contributed by atoms with E-state index in [2.05, 4.69) is 0 Å². The number of nitrogens with two attached hydrogens (primary N) is 1. The molecule has 0 spiro atoms. The first-order valence-electron chi connectivity index (χ1n) is 3.26. The topological polar surface area (TPSA) is 55.5 Å². The van der Waals surface area contributed by atoms with Crippen LogP contribution in [0.1, 0.15) is 13.3 Å². The minimum absolute atomic E-state index is 0.0324. The van der Waals surface area contributed by atoms with Gasteiger partial charge < -0.3 is 15.6 Å². The molecule has 2 unspecified atom stereocenters. The standard InChI is InChI=1S/C6H13NO2/c1-4-2-5(7)6(3-8)9-4/h4-6,8H,2-3,7H2,1H3/t4-,5?,6?/m0/s1. The molecule has 3 nitrogen and oxygen atoms in total. The highest BCUT2D eigenvalue weighted by Gasteiger charge is 2.28. The van der Waals surface area contributed by atoms with Crippen LogP contribution in [0.4, 0.5) is 0 Å². The third-order valence-electron chi connectivity index (χ3n) is 1.67. The van der Waals surface area contributed by atoms with Gasteiger partial charge in [0.05, 0.1) is 18.8 Å². The van der Waals surface area contributed by atoms with Crippen LogP contribution in [0.3, 0.4) is 0 Å². The lowest BCUT2D eigenvalue weighted by molar-refractivity contribution is 0.0156. The van der Waals surface area contributed by atoms with Crippen LogP contribution in [0.2, 0.25) is 0 Å². The molecule has 0 radical (unpaired) electrons. The molecule has 0 bridgehead atoms. The van der Waals surface area contributed by atoms with E-state index in [1.54, 1.807) is 0 Å². The summed E-state index contributed by atoms with van der Waals surface area (Å²) in [5, 5.41) is 8.65. The van der Waals surface area contributed by atoms with E-state index in [9.17, 15) is 0 Å². The van der Waals surface area contributed by atoms with E-state index in [4.69, 9.17) is 15.6 Å². The van der Waals surface area contributed by atoms with Crippen LogP contribution in [0.5, 0.6) is 0 Å². The van der Waals surface area contributed by atoms with E-state index in [1.807, 2.05) is 6.92 Å². The summed E-state index contributed by atoms with van der Waals surface area (Å²) in [6.07, 6.45) is 0.961. The molecule has 1 saturated heterocycles. The van der Waals surface area contributed by atoms with E-state index in [0.29, 0.717) is 0 Å². The molecule has 1 fully saturated rings. The maximum atomic E-state index is 8.65. The number of ether oxygens (including phenoxy) is 1. The van der Waals surface area contributed by atoms with Crippen molar-refractivity contribution in [3.05, 3.63) is 0 Å². The van der Waals surface area contributed by atoms with Crippen LogP contribution in [0.25, 0.3) is 0 Å². The van der Waals surface area contributed by atoms with Crippen molar-refractivity contribution in [1.29, 1.82) is 0 Å². The maximum absolute atomic E-state index is 8.65. The smallest absolute Gasteiger partial charge is 0.0960 e. The predicted octanol–water partition coefficient (Wildman–Crippen LogP) is -0.517. The fraction of sp³-hybridized carbons (Fsp3) is 1.00. The lowest BCUT2D eigenvalue weighted by Crippen LogP contribution is -2.32. The van der Waals surface area contributed by atoms with Crippen LogP contribution >= 0.6 is 0 Å². The van der Waals surface area contributed by atoms with Gasteiger partial charge in [0.1, 0.15) is 0 Å². The second kappa shape index (κ2) is 2.64. The zero-order valence-corrected chi connectivity index (χ0v) is 5.58. The van der Waals surface area contributed by atoms with E-state index in [1.165, 1.54) is 0 Å². The molecule has 0 aliphatic carbocycles. The second-order valence-corrected chi connectivity index (χ2v) is 2.57. The van der Waals surface area contributed by atoms with E-state index >= 15 is 0 Å². The molecular formula is C6H13NO2. The van der Waals surface area contributed by atoms with Gasteiger partial charge in [0.2, 0.25) is 0 Å². The summed E-state index contributed by atoms with van der Waals surface area (Å²) < 4.78 is 5.25. The lowest BCUT2D eigenvalue weighted by Gasteiger charge is -2.09. The SMILES string of the molecule is C[C@H]1CC(N)C(CO)O1. The molecule has 0 saturated carbocycles. The molecule has 0 amide bonds. The summed E-state index contributed by atoms with van der Waals surface area (Å²) >= 11 is 0. The number of hydrogen-bond acceptors (Lipinski definition) is 3. The van der Waals surface area contributed by atoms with Gasteiger partial charge in [0.15, 0.2) is 0 Å². The summed E-state index contributed by atoms with van der Waals surface area (Å²) in [4.78, 5) is 0. The molecule has 0 aromatic heterocycles. The third-order valence-corrected chi connectivity index (χ3v) is 1.67. The van der Waals surface area contributed by atoms with Gasteiger partial charge >= 0.3 is 0 Å². The van der Waals surface area contributed by atoms with Gasteiger partial charge in [0.25, 0.3) is 0 Å². The third kappa shape index (κ3) is 1.41. The average molecular weight is 131 g/mol. The fourth-order valence-corrected chi connectivity index (χ4v) is 1.17. The summed E-state index contributed by atoms with van der Waals surface area (Å²) in [6.45, 7) is 2.01. The highest BCUT2D eigenvalue weighted by molar-refractivity contribution is 4.82. The number of aliphatic hydroxyl groups is 1. The molecule has 0 aromatic carbocycles. The second-order valence-electron chi connectivity index (χ2n) is 2.57. The summed E-state index contributed by atoms with van der Waals surface area (Å²) in [7, 11) is 0. The van der Waals surface area contributed by atoms with Crippen LogP contribution in [0, 0.1) is 0 Å². The molecule has 3 N–H and O–H groups in total. The molecule has 3 heteroatoms. The zero-order chi connectivity index (χ0) is 6.85. The minimum Gasteiger partial charge on any atom is -0.394 e. The molecule has 1 heterocycles. The van der Waals surface area contributed by atoms with Crippen molar-refractivity contribution >= 4 is 0 Å². The number of hydrogen-bond donors (Lipinski definition) is 2. The quantitative estimate of drug-likeness (QED) is 0.503. The van der Waals surface area contributed by atoms with Gasteiger partial charge in [-0.2, -0.15) is 0 Å². The predicted molar refractivity (Wildman–Crippen MR) is 34.0 cm³/mol. The Morgan fingerprint density at radius 1 is 1.78 bits per heavy atom. The van der Waals surface area contributed by atoms with Gasteiger partial charge in [-0.3, -0.25) is 0 Å². The average Bonchev–Trinajstić information content (AvgIpc) is 2.10. The Kier molecular flexibility index (Phi) is 2.05. The van der Waals surface area contributed by atoms with Crippen molar-refractivity contribution in [2.45, 2.75) is 31.6 Å². The van der Waals surface area contributed by atoms with Crippen molar-refractivity contribution in [2.75, 3.05) is 6.61 Å². The Morgan fingerprint density at radius 2 is 2.44 bits per heavy atom. The molecule has 3 atom stereocenters. The lowest BCUT2D eigenvalue weighted by atomic mass is 10.1. The summed E-state index contributed by atoms with van der Waals surface area (Å²) in [5.41, 5.74) is 5.59. The molecule has 1 aliphatic rings. The Hall–Kier alpha value is -0.120. The van der Waals surface area contributed by atoms with Crippen molar-refractivity contribution in [2.24, 2.45) is 5.73 Å². The van der Waals surface area contributed by atoms with Gasteiger partial charge in [-0.05, 0) is 13.3 Å². The van der Waals surface area contributed by atoms with Crippen LogP contribution in [-0.4, -0.2) is 30.0 Å². The Morgan fingerprint density at radius 3 is 2.67 bits per heavy atom. The maximum Gasteiger partial charge on any atom is 0.0960 e. The Balaban J connectivity index is 2.38. The van der Waals surface area contributed by atoms with Gasteiger partial charge in [-0.15, -0.1) is 0 Å². The van der Waals surface area contributed by atoms with Crippen molar-refractivity contribution < 1.29 is 9.84 Å². The first-order valence-corrected chi connectivity index (χ1v) is 3.26. The summed E-state index contributed by atoms with van der Waals surface area (Å²) in [6, 6.07) is 0.0324. The molecule has 54 valence electrons.